The number of sulfonamides is 1. The van der Waals surface area contributed by atoms with Gasteiger partial charge in [0.25, 0.3) is 0 Å². The Morgan fingerprint density at radius 3 is 2.35 bits per heavy atom. The molecule has 146 valence electrons. The third-order valence-electron chi connectivity index (χ3n) is 5.61. The molecule has 3 rings (SSSR count). The zero-order valence-corrected chi connectivity index (χ0v) is 17.8. The normalized spacial score (nSPS) is 25.0. The van der Waals surface area contributed by atoms with Crippen molar-refractivity contribution in [2.75, 3.05) is 33.3 Å². The zero-order valence-electron chi connectivity index (χ0n) is 15.4. The summed E-state index contributed by atoms with van der Waals surface area (Å²) in [6.45, 7) is 4.23. The van der Waals surface area contributed by atoms with Crippen molar-refractivity contribution in [1.29, 1.82) is 0 Å². The third kappa shape index (κ3) is 5.07. The first kappa shape index (κ1) is 20.3. The molecule has 1 saturated carbocycles. The standard InChI is InChI=1S/C19H29BrN2O3S/c1-21(26(23,24)19-10-4-16(20)5-11-19)17-6-8-18(9-7-17)25-15-14-22-12-2-3-13-22/h4-5,10-11,17-18H,2-3,6-9,12-15H2,1H3/t17-,18-. The number of rotatable bonds is 7. The molecule has 1 aromatic rings. The van der Waals surface area contributed by atoms with E-state index in [2.05, 4.69) is 20.8 Å². The van der Waals surface area contributed by atoms with Crippen LogP contribution in [0.25, 0.3) is 0 Å². The van der Waals surface area contributed by atoms with Crippen molar-refractivity contribution in [2.45, 2.75) is 55.6 Å². The van der Waals surface area contributed by atoms with E-state index in [1.165, 1.54) is 25.9 Å². The fourth-order valence-corrected chi connectivity index (χ4v) is 5.58. The van der Waals surface area contributed by atoms with Crippen molar-refractivity contribution >= 4 is 26.0 Å². The molecule has 1 aromatic carbocycles. The highest BCUT2D eigenvalue weighted by atomic mass is 79.9. The van der Waals surface area contributed by atoms with Gasteiger partial charge < -0.3 is 9.64 Å². The molecule has 1 heterocycles. The summed E-state index contributed by atoms with van der Waals surface area (Å²) in [5.41, 5.74) is 0. The highest BCUT2D eigenvalue weighted by Crippen LogP contribution is 2.28. The van der Waals surface area contributed by atoms with Crippen molar-refractivity contribution in [2.24, 2.45) is 0 Å². The summed E-state index contributed by atoms with van der Waals surface area (Å²) in [5, 5.41) is 0. The average Bonchev–Trinajstić information content (AvgIpc) is 3.15. The van der Waals surface area contributed by atoms with Crippen LogP contribution in [0.15, 0.2) is 33.6 Å². The molecule has 1 saturated heterocycles. The van der Waals surface area contributed by atoms with Gasteiger partial charge in [-0.3, -0.25) is 0 Å². The van der Waals surface area contributed by atoms with Gasteiger partial charge in [-0.1, -0.05) is 15.9 Å². The number of ether oxygens (including phenoxy) is 1. The van der Waals surface area contributed by atoms with Crippen molar-refractivity contribution in [1.82, 2.24) is 9.21 Å². The Labute approximate surface area is 165 Å². The van der Waals surface area contributed by atoms with Crippen molar-refractivity contribution < 1.29 is 13.2 Å². The third-order valence-corrected chi connectivity index (χ3v) is 8.06. The largest absolute Gasteiger partial charge is 0.377 e. The predicted molar refractivity (Wildman–Crippen MR) is 107 cm³/mol. The number of likely N-dealkylation sites (tertiary alicyclic amines) is 1. The van der Waals surface area contributed by atoms with Crippen LogP contribution < -0.4 is 0 Å². The van der Waals surface area contributed by atoms with E-state index in [4.69, 9.17) is 4.74 Å². The Balaban J connectivity index is 1.46. The second-order valence-corrected chi connectivity index (χ2v) is 10.2. The SMILES string of the molecule is CN([C@H]1CC[C@H](OCCN2CCCC2)CC1)S(=O)(=O)c1ccc(Br)cc1. The first-order valence-electron chi connectivity index (χ1n) is 9.54. The fraction of sp³-hybridized carbons (Fsp3) is 0.684. The van der Waals surface area contributed by atoms with Crippen LogP contribution in [0.5, 0.6) is 0 Å². The Morgan fingerprint density at radius 2 is 1.73 bits per heavy atom. The van der Waals surface area contributed by atoms with Gasteiger partial charge >= 0.3 is 0 Å². The number of nitrogens with zero attached hydrogens (tertiary/aromatic N) is 2. The maximum atomic E-state index is 12.8. The molecule has 0 N–H and O–H groups in total. The Bertz CT molecular complexity index is 667. The molecular formula is C19H29BrN2O3S. The number of halogens is 1. The van der Waals surface area contributed by atoms with Gasteiger partial charge in [0.05, 0.1) is 17.6 Å². The van der Waals surface area contributed by atoms with E-state index in [1.54, 1.807) is 35.6 Å². The van der Waals surface area contributed by atoms with Crippen LogP contribution in [-0.4, -0.2) is 63.1 Å². The molecule has 2 aliphatic rings. The van der Waals surface area contributed by atoms with Crippen LogP contribution in [0.3, 0.4) is 0 Å². The van der Waals surface area contributed by atoms with E-state index in [-0.39, 0.29) is 12.1 Å². The van der Waals surface area contributed by atoms with E-state index < -0.39 is 10.0 Å². The van der Waals surface area contributed by atoms with Crippen LogP contribution in [-0.2, 0) is 14.8 Å². The summed E-state index contributed by atoms with van der Waals surface area (Å²) in [6, 6.07) is 6.91. The first-order valence-corrected chi connectivity index (χ1v) is 11.8. The topological polar surface area (TPSA) is 49.9 Å². The highest BCUT2D eigenvalue weighted by Gasteiger charge is 2.31. The molecule has 0 amide bonds. The zero-order chi connectivity index (χ0) is 18.6. The summed E-state index contributed by atoms with van der Waals surface area (Å²) < 4.78 is 34.1. The van der Waals surface area contributed by atoms with E-state index in [0.29, 0.717) is 4.90 Å². The first-order chi connectivity index (χ1) is 12.5. The van der Waals surface area contributed by atoms with Crippen molar-refractivity contribution in [3.8, 4) is 0 Å². The Kier molecular flexibility index (Phi) is 7.13. The fourth-order valence-electron chi connectivity index (χ4n) is 3.90. The van der Waals surface area contributed by atoms with Crippen LogP contribution in [0.2, 0.25) is 0 Å². The lowest BCUT2D eigenvalue weighted by Crippen LogP contribution is -2.41. The van der Waals surface area contributed by atoms with E-state index >= 15 is 0 Å². The maximum Gasteiger partial charge on any atom is 0.243 e. The smallest absolute Gasteiger partial charge is 0.243 e. The minimum Gasteiger partial charge on any atom is -0.377 e. The van der Waals surface area contributed by atoms with Crippen LogP contribution in [0, 0.1) is 0 Å². The predicted octanol–water partition coefficient (Wildman–Crippen LogP) is 3.49. The Morgan fingerprint density at radius 1 is 1.12 bits per heavy atom. The molecule has 26 heavy (non-hydrogen) atoms. The average molecular weight is 445 g/mol. The lowest BCUT2D eigenvalue weighted by Gasteiger charge is -2.34. The second-order valence-electron chi connectivity index (χ2n) is 7.33. The van der Waals surface area contributed by atoms with E-state index in [1.807, 2.05) is 0 Å². The number of hydrogen-bond acceptors (Lipinski definition) is 4. The molecule has 0 bridgehead atoms. The molecule has 1 aliphatic heterocycles. The molecular weight excluding hydrogens is 416 g/mol. The summed E-state index contributed by atoms with van der Waals surface area (Å²) in [6.07, 6.45) is 6.49. The number of hydrogen-bond donors (Lipinski definition) is 0. The molecule has 0 atom stereocenters. The molecule has 0 unspecified atom stereocenters. The van der Waals surface area contributed by atoms with Crippen molar-refractivity contribution in [3.63, 3.8) is 0 Å². The van der Waals surface area contributed by atoms with Gasteiger partial charge in [-0.05, 0) is 75.9 Å². The lowest BCUT2D eigenvalue weighted by atomic mass is 9.93. The molecule has 0 aromatic heterocycles. The molecule has 7 heteroatoms. The van der Waals surface area contributed by atoms with Crippen LogP contribution in [0.1, 0.15) is 38.5 Å². The summed E-state index contributed by atoms with van der Waals surface area (Å²) in [4.78, 5) is 2.82. The van der Waals surface area contributed by atoms with E-state index in [9.17, 15) is 8.42 Å². The quantitative estimate of drug-likeness (QED) is 0.645. The van der Waals surface area contributed by atoms with Crippen LogP contribution in [0.4, 0.5) is 0 Å². The summed E-state index contributed by atoms with van der Waals surface area (Å²) in [7, 11) is -1.73. The van der Waals surface area contributed by atoms with Gasteiger partial charge in [-0.15, -0.1) is 0 Å². The minimum absolute atomic E-state index is 0.0575. The Hall–Kier alpha value is -0.470. The molecule has 0 radical (unpaired) electrons. The van der Waals surface area contributed by atoms with E-state index in [0.717, 1.165) is 43.3 Å². The van der Waals surface area contributed by atoms with Crippen molar-refractivity contribution in [3.05, 3.63) is 28.7 Å². The highest BCUT2D eigenvalue weighted by molar-refractivity contribution is 9.10. The minimum atomic E-state index is -3.44. The molecule has 0 spiro atoms. The molecule has 1 aliphatic carbocycles. The van der Waals surface area contributed by atoms with Gasteiger partial charge in [0, 0.05) is 24.1 Å². The monoisotopic (exact) mass is 444 g/mol. The molecule has 5 nitrogen and oxygen atoms in total. The maximum absolute atomic E-state index is 12.8. The van der Waals surface area contributed by atoms with Crippen LogP contribution >= 0.6 is 15.9 Å². The molecule has 2 fully saturated rings. The lowest BCUT2D eigenvalue weighted by molar-refractivity contribution is 0.00923. The van der Waals surface area contributed by atoms with Gasteiger partial charge in [0.1, 0.15) is 0 Å². The summed E-state index contributed by atoms with van der Waals surface area (Å²) in [5.74, 6) is 0. The summed E-state index contributed by atoms with van der Waals surface area (Å²) >= 11 is 3.35. The van der Waals surface area contributed by atoms with Gasteiger partial charge in [0.15, 0.2) is 0 Å². The second kappa shape index (κ2) is 9.15. The van der Waals surface area contributed by atoms with Gasteiger partial charge in [-0.2, -0.15) is 4.31 Å². The van der Waals surface area contributed by atoms with Gasteiger partial charge in [-0.25, -0.2) is 8.42 Å². The number of benzene rings is 1. The van der Waals surface area contributed by atoms with Gasteiger partial charge in [0.2, 0.25) is 10.0 Å².